The van der Waals surface area contributed by atoms with Crippen LogP contribution in [0.1, 0.15) is 35.3 Å². The molecule has 2 aromatic heterocycles. The molecule has 0 aliphatic carbocycles. The summed E-state index contributed by atoms with van der Waals surface area (Å²) in [6, 6.07) is 10.5. The number of benzene rings is 1. The first-order chi connectivity index (χ1) is 12.3. The van der Waals surface area contributed by atoms with Gasteiger partial charge in [0.25, 0.3) is 0 Å². The van der Waals surface area contributed by atoms with Crippen molar-refractivity contribution in [1.29, 1.82) is 0 Å². The van der Waals surface area contributed by atoms with Crippen LogP contribution >= 0.6 is 11.3 Å². The Kier molecular flexibility index (Phi) is 4.85. The van der Waals surface area contributed by atoms with E-state index in [2.05, 4.69) is 46.1 Å². The van der Waals surface area contributed by atoms with Gasteiger partial charge in [-0.3, -0.25) is 4.90 Å². The maximum Gasteiger partial charge on any atom is 0.128 e. The second-order valence-electron chi connectivity index (χ2n) is 6.46. The van der Waals surface area contributed by atoms with Crippen LogP contribution in [0.5, 0.6) is 0 Å². The molecule has 3 heterocycles. The number of fused-ring (bicyclic) bond motifs is 1. The molecule has 0 saturated carbocycles. The molecule has 25 heavy (non-hydrogen) atoms. The van der Waals surface area contributed by atoms with Gasteiger partial charge in [0.2, 0.25) is 0 Å². The molecule has 5 heteroatoms. The van der Waals surface area contributed by atoms with Gasteiger partial charge in [0, 0.05) is 60.4 Å². The first kappa shape index (κ1) is 16.4. The smallest absolute Gasteiger partial charge is 0.128 e. The van der Waals surface area contributed by atoms with E-state index in [1.165, 1.54) is 21.7 Å². The highest BCUT2D eigenvalue weighted by Gasteiger charge is 2.20. The van der Waals surface area contributed by atoms with Crippen molar-refractivity contribution in [3.63, 3.8) is 0 Å². The van der Waals surface area contributed by atoms with Gasteiger partial charge in [-0.1, -0.05) is 37.3 Å². The van der Waals surface area contributed by atoms with Crippen LogP contribution in [0.3, 0.4) is 0 Å². The van der Waals surface area contributed by atoms with Crippen molar-refractivity contribution < 1.29 is 0 Å². The minimum atomic E-state index is 0.924. The van der Waals surface area contributed by atoms with E-state index in [0.29, 0.717) is 0 Å². The van der Waals surface area contributed by atoms with Crippen LogP contribution in [0.4, 0.5) is 0 Å². The molecule has 0 N–H and O–H groups in total. The van der Waals surface area contributed by atoms with Crippen molar-refractivity contribution in [3.8, 4) is 11.3 Å². The van der Waals surface area contributed by atoms with E-state index in [0.717, 1.165) is 50.4 Å². The third kappa shape index (κ3) is 3.62. The molecule has 0 atom stereocenters. The second kappa shape index (κ2) is 7.42. The number of aryl methyl sites for hydroxylation is 1. The summed E-state index contributed by atoms with van der Waals surface area (Å²) in [6.45, 7) is 5.07. The molecule has 1 aliphatic rings. The fraction of sp³-hybridized carbons (Fsp3) is 0.350. The summed E-state index contributed by atoms with van der Waals surface area (Å²) < 4.78 is 0. The molecule has 1 aliphatic heterocycles. The molecule has 0 fully saturated rings. The Labute approximate surface area is 152 Å². The molecule has 1 aromatic carbocycles. The maximum atomic E-state index is 4.75. The van der Waals surface area contributed by atoms with Crippen LogP contribution < -0.4 is 0 Å². The van der Waals surface area contributed by atoms with Crippen LogP contribution in [0.2, 0.25) is 0 Å². The van der Waals surface area contributed by atoms with Gasteiger partial charge >= 0.3 is 0 Å². The summed E-state index contributed by atoms with van der Waals surface area (Å²) in [7, 11) is 0. The van der Waals surface area contributed by atoms with E-state index in [9.17, 15) is 0 Å². The van der Waals surface area contributed by atoms with Gasteiger partial charge in [0.15, 0.2) is 0 Å². The molecule has 0 amide bonds. The first-order valence-electron chi connectivity index (χ1n) is 8.87. The topological polar surface area (TPSA) is 41.9 Å². The zero-order valence-corrected chi connectivity index (χ0v) is 15.3. The lowest BCUT2D eigenvalue weighted by atomic mass is 10.1. The Morgan fingerprint density at radius 1 is 1.16 bits per heavy atom. The van der Waals surface area contributed by atoms with Crippen molar-refractivity contribution in [2.75, 3.05) is 6.54 Å². The molecule has 4 nitrogen and oxygen atoms in total. The third-order valence-electron chi connectivity index (χ3n) is 4.59. The van der Waals surface area contributed by atoms with Gasteiger partial charge in [-0.25, -0.2) is 15.0 Å². The van der Waals surface area contributed by atoms with Gasteiger partial charge in [-0.15, -0.1) is 11.3 Å². The molecule has 0 radical (unpaired) electrons. The van der Waals surface area contributed by atoms with Crippen LogP contribution in [0, 0.1) is 0 Å². The molecular formula is C20H22N4S. The number of rotatable bonds is 5. The standard InChI is InChI=1S/C20H22N4S/c1-2-6-19-21-11-16-12-24(10-9-17(16)23-19)13-18-20(22-14-25-18)15-7-4-3-5-8-15/h3-5,7-8,11,14H,2,6,9-10,12-13H2,1H3. The predicted molar refractivity (Wildman–Crippen MR) is 101 cm³/mol. The summed E-state index contributed by atoms with van der Waals surface area (Å²) in [5.41, 5.74) is 6.78. The number of aromatic nitrogens is 3. The molecule has 3 aromatic rings. The second-order valence-corrected chi connectivity index (χ2v) is 7.40. The average molecular weight is 350 g/mol. The monoisotopic (exact) mass is 350 g/mol. The Morgan fingerprint density at radius 2 is 2.04 bits per heavy atom. The Balaban J connectivity index is 1.50. The molecular weight excluding hydrogens is 328 g/mol. The SMILES string of the molecule is CCCc1ncc2c(n1)CCN(Cc1scnc1-c1ccccc1)C2. The summed E-state index contributed by atoms with van der Waals surface area (Å²) in [5, 5.41) is 0. The summed E-state index contributed by atoms with van der Waals surface area (Å²) in [5.74, 6) is 0.989. The predicted octanol–water partition coefficient (Wildman–Crippen LogP) is 4.11. The lowest BCUT2D eigenvalue weighted by Crippen LogP contribution is -2.31. The van der Waals surface area contributed by atoms with Gasteiger partial charge in [0.05, 0.1) is 11.2 Å². The largest absolute Gasteiger partial charge is 0.293 e. The van der Waals surface area contributed by atoms with E-state index in [4.69, 9.17) is 4.98 Å². The molecule has 0 bridgehead atoms. The summed E-state index contributed by atoms with van der Waals surface area (Å²) in [6.07, 6.45) is 5.11. The Hall–Kier alpha value is -2.11. The van der Waals surface area contributed by atoms with Crippen molar-refractivity contribution in [2.45, 2.75) is 39.3 Å². The van der Waals surface area contributed by atoms with E-state index in [1.807, 2.05) is 17.8 Å². The van der Waals surface area contributed by atoms with Crippen LogP contribution in [-0.2, 0) is 25.9 Å². The van der Waals surface area contributed by atoms with E-state index < -0.39 is 0 Å². The van der Waals surface area contributed by atoms with E-state index >= 15 is 0 Å². The highest BCUT2D eigenvalue weighted by atomic mass is 32.1. The van der Waals surface area contributed by atoms with Crippen molar-refractivity contribution in [3.05, 3.63) is 64.0 Å². The highest BCUT2D eigenvalue weighted by molar-refractivity contribution is 7.10. The Bertz CT molecular complexity index is 844. The number of thiazole rings is 1. The highest BCUT2D eigenvalue weighted by Crippen LogP contribution is 2.28. The minimum Gasteiger partial charge on any atom is -0.293 e. The lowest BCUT2D eigenvalue weighted by Gasteiger charge is -2.27. The molecule has 0 saturated heterocycles. The third-order valence-corrected chi connectivity index (χ3v) is 5.41. The average Bonchev–Trinajstić information content (AvgIpc) is 3.11. The Morgan fingerprint density at radius 3 is 2.88 bits per heavy atom. The van der Waals surface area contributed by atoms with Crippen LogP contribution in [0.15, 0.2) is 42.0 Å². The van der Waals surface area contributed by atoms with Gasteiger partial charge < -0.3 is 0 Å². The van der Waals surface area contributed by atoms with Crippen LogP contribution in [-0.4, -0.2) is 26.4 Å². The molecule has 0 spiro atoms. The molecule has 4 rings (SSSR count). The fourth-order valence-corrected chi connectivity index (χ4v) is 4.14. The zero-order chi connectivity index (χ0) is 17.1. The van der Waals surface area contributed by atoms with E-state index in [-0.39, 0.29) is 0 Å². The normalized spacial score (nSPS) is 14.4. The quantitative estimate of drug-likeness (QED) is 0.694. The van der Waals surface area contributed by atoms with Crippen molar-refractivity contribution in [2.24, 2.45) is 0 Å². The fourth-order valence-electron chi connectivity index (χ4n) is 3.31. The number of hydrogen-bond donors (Lipinski definition) is 0. The maximum absolute atomic E-state index is 4.75. The van der Waals surface area contributed by atoms with Crippen LogP contribution in [0.25, 0.3) is 11.3 Å². The first-order valence-corrected chi connectivity index (χ1v) is 9.75. The minimum absolute atomic E-state index is 0.924. The molecule has 0 unspecified atom stereocenters. The van der Waals surface area contributed by atoms with Gasteiger partial charge in [0.1, 0.15) is 5.82 Å². The lowest BCUT2D eigenvalue weighted by molar-refractivity contribution is 0.245. The van der Waals surface area contributed by atoms with E-state index in [1.54, 1.807) is 11.3 Å². The number of nitrogens with zero attached hydrogens (tertiary/aromatic N) is 4. The summed E-state index contributed by atoms with van der Waals surface area (Å²) in [4.78, 5) is 17.7. The van der Waals surface area contributed by atoms with Crippen molar-refractivity contribution in [1.82, 2.24) is 19.9 Å². The summed E-state index contributed by atoms with van der Waals surface area (Å²) >= 11 is 1.74. The zero-order valence-electron chi connectivity index (χ0n) is 14.5. The van der Waals surface area contributed by atoms with Gasteiger partial charge in [-0.2, -0.15) is 0 Å². The molecule has 128 valence electrons. The van der Waals surface area contributed by atoms with Crippen molar-refractivity contribution >= 4 is 11.3 Å². The number of hydrogen-bond acceptors (Lipinski definition) is 5. The van der Waals surface area contributed by atoms with Gasteiger partial charge in [-0.05, 0) is 6.42 Å².